The summed E-state index contributed by atoms with van der Waals surface area (Å²) in [5, 5.41) is 4.84. The smallest absolute Gasteiger partial charge is 0.165 e. The molecule has 2 N–H and O–H groups in total. The van der Waals surface area contributed by atoms with Gasteiger partial charge in [-0.3, -0.25) is 0 Å². The minimum atomic E-state index is -0.342. The molecule has 1 aromatic heterocycles. The van der Waals surface area contributed by atoms with Crippen molar-refractivity contribution in [3.05, 3.63) is 53.4 Å². The van der Waals surface area contributed by atoms with E-state index in [1.807, 2.05) is 30.5 Å². The average Bonchev–Trinajstić information content (AvgIpc) is 3.19. The summed E-state index contributed by atoms with van der Waals surface area (Å²) in [6.45, 7) is 1.68. The number of H-pyrrole nitrogens is 1. The number of aromatic nitrogens is 1. The molecule has 1 aliphatic heterocycles. The van der Waals surface area contributed by atoms with Crippen LogP contribution in [0.3, 0.4) is 0 Å². The topological polar surface area (TPSA) is 37.0 Å². The monoisotopic (exact) mass is 330 g/mol. The maximum Gasteiger partial charge on any atom is 0.165 e. The Morgan fingerprint density at radius 2 is 2.13 bits per heavy atom. The second-order valence-electron chi connectivity index (χ2n) is 5.74. The molecule has 0 saturated carbocycles. The molecule has 2 heterocycles. The highest BCUT2D eigenvalue weighted by atomic mass is 35.5. The van der Waals surface area contributed by atoms with Crippen LogP contribution in [0.5, 0.6) is 5.75 Å². The minimum absolute atomic E-state index is 0.0437. The van der Waals surface area contributed by atoms with Crippen LogP contribution in [-0.4, -0.2) is 24.2 Å². The van der Waals surface area contributed by atoms with Crippen LogP contribution >= 0.6 is 11.6 Å². The fourth-order valence-corrected chi connectivity index (χ4v) is 3.26. The van der Waals surface area contributed by atoms with Gasteiger partial charge in [-0.15, -0.1) is 0 Å². The van der Waals surface area contributed by atoms with Crippen molar-refractivity contribution in [3.63, 3.8) is 0 Å². The Kier molecular flexibility index (Phi) is 3.71. The SMILES string of the molecule is Fc1cc(-c2c[nH]c3c(Cl)cccc23)ccc1OC1CCNC1. The third kappa shape index (κ3) is 2.69. The number of nitrogens with one attached hydrogen (secondary N) is 2. The Morgan fingerprint density at radius 3 is 2.91 bits per heavy atom. The molecule has 2 aromatic carbocycles. The molecule has 118 valence electrons. The first-order valence-electron chi connectivity index (χ1n) is 7.65. The van der Waals surface area contributed by atoms with Crippen molar-refractivity contribution in [2.75, 3.05) is 13.1 Å². The van der Waals surface area contributed by atoms with Gasteiger partial charge in [-0.05, 0) is 36.7 Å². The van der Waals surface area contributed by atoms with Gasteiger partial charge in [-0.1, -0.05) is 29.8 Å². The number of halogens is 2. The minimum Gasteiger partial charge on any atom is -0.486 e. The van der Waals surface area contributed by atoms with E-state index in [2.05, 4.69) is 10.3 Å². The van der Waals surface area contributed by atoms with E-state index in [4.69, 9.17) is 16.3 Å². The van der Waals surface area contributed by atoms with Crippen LogP contribution in [0.2, 0.25) is 5.02 Å². The second-order valence-corrected chi connectivity index (χ2v) is 6.15. The van der Waals surface area contributed by atoms with Gasteiger partial charge < -0.3 is 15.0 Å². The summed E-state index contributed by atoms with van der Waals surface area (Å²) >= 11 is 6.18. The zero-order valence-corrected chi connectivity index (χ0v) is 13.2. The number of fused-ring (bicyclic) bond motifs is 1. The first kappa shape index (κ1) is 14.5. The number of rotatable bonds is 3. The van der Waals surface area contributed by atoms with Gasteiger partial charge in [0.1, 0.15) is 6.10 Å². The van der Waals surface area contributed by atoms with Gasteiger partial charge in [0.25, 0.3) is 0 Å². The van der Waals surface area contributed by atoms with E-state index in [0.29, 0.717) is 10.8 Å². The quantitative estimate of drug-likeness (QED) is 0.748. The number of ether oxygens (including phenoxy) is 1. The molecule has 0 radical (unpaired) electrons. The van der Waals surface area contributed by atoms with E-state index in [0.717, 1.165) is 41.5 Å². The Morgan fingerprint density at radius 1 is 1.22 bits per heavy atom. The molecule has 23 heavy (non-hydrogen) atoms. The van der Waals surface area contributed by atoms with Crippen LogP contribution in [0.25, 0.3) is 22.0 Å². The highest BCUT2D eigenvalue weighted by Gasteiger charge is 2.18. The lowest BCUT2D eigenvalue weighted by molar-refractivity contribution is 0.213. The summed E-state index contributed by atoms with van der Waals surface area (Å²) < 4.78 is 20.1. The van der Waals surface area contributed by atoms with E-state index in [1.54, 1.807) is 6.07 Å². The average molecular weight is 331 g/mol. The number of hydrogen-bond acceptors (Lipinski definition) is 2. The number of para-hydroxylation sites is 1. The molecule has 5 heteroatoms. The lowest BCUT2D eigenvalue weighted by Gasteiger charge is -2.13. The fraction of sp³-hybridized carbons (Fsp3) is 0.222. The van der Waals surface area contributed by atoms with Crippen molar-refractivity contribution in [1.82, 2.24) is 10.3 Å². The molecular formula is C18H16ClFN2O. The van der Waals surface area contributed by atoms with Gasteiger partial charge in [0.05, 0.1) is 10.5 Å². The number of aromatic amines is 1. The van der Waals surface area contributed by atoms with Crippen molar-refractivity contribution in [1.29, 1.82) is 0 Å². The molecule has 1 atom stereocenters. The fourth-order valence-electron chi connectivity index (χ4n) is 3.03. The van der Waals surface area contributed by atoms with Crippen LogP contribution in [-0.2, 0) is 0 Å². The molecule has 0 bridgehead atoms. The molecule has 0 amide bonds. The Bertz CT molecular complexity index is 855. The molecule has 1 unspecified atom stereocenters. The largest absolute Gasteiger partial charge is 0.486 e. The molecule has 3 aromatic rings. The molecule has 4 rings (SSSR count). The third-order valence-corrected chi connectivity index (χ3v) is 4.53. The highest BCUT2D eigenvalue weighted by Crippen LogP contribution is 2.34. The Balaban J connectivity index is 1.68. The lowest BCUT2D eigenvalue weighted by Crippen LogP contribution is -2.20. The Labute approximate surface area is 138 Å². The van der Waals surface area contributed by atoms with Crippen molar-refractivity contribution in [2.45, 2.75) is 12.5 Å². The maximum absolute atomic E-state index is 14.4. The standard InChI is InChI=1S/C18H16ClFN2O/c19-15-3-1-2-13-14(10-22-18(13)15)11-4-5-17(16(20)8-11)23-12-6-7-21-9-12/h1-5,8,10,12,21-22H,6-7,9H2. The van der Waals surface area contributed by atoms with Crippen molar-refractivity contribution in [3.8, 4) is 16.9 Å². The van der Waals surface area contributed by atoms with Gasteiger partial charge in [0.2, 0.25) is 0 Å². The van der Waals surface area contributed by atoms with Crippen molar-refractivity contribution < 1.29 is 9.13 Å². The molecule has 1 saturated heterocycles. The predicted octanol–water partition coefficient (Wildman–Crippen LogP) is 4.37. The molecule has 1 fully saturated rings. The normalized spacial score (nSPS) is 17.7. The predicted molar refractivity (Wildman–Crippen MR) is 90.6 cm³/mol. The summed E-state index contributed by atoms with van der Waals surface area (Å²) in [5.74, 6) is -0.0360. The first-order valence-corrected chi connectivity index (χ1v) is 8.03. The molecule has 0 aliphatic carbocycles. The van der Waals surface area contributed by atoms with E-state index >= 15 is 0 Å². The zero-order valence-electron chi connectivity index (χ0n) is 12.4. The van der Waals surface area contributed by atoms with Gasteiger partial charge in [-0.25, -0.2) is 4.39 Å². The van der Waals surface area contributed by atoms with E-state index in [9.17, 15) is 4.39 Å². The van der Waals surface area contributed by atoms with Crippen LogP contribution in [0.1, 0.15) is 6.42 Å². The first-order chi connectivity index (χ1) is 11.2. The maximum atomic E-state index is 14.4. The Hall–Kier alpha value is -2.04. The van der Waals surface area contributed by atoms with Crippen molar-refractivity contribution in [2.24, 2.45) is 0 Å². The lowest BCUT2D eigenvalue weighted by atomic mass is 10.0. The second kappa shape index (κ2) is 5.87. The highest BCUT2D eigenvalue weighted by molar-refractivity contribution is 6.35. The van der Waals surface area contributed by atoms with Gasteiger partial charge in [0.15, 0.2) is 11.6 Å². The van der Waals surface area contributed by atoms with Crippen molar-refractivity contribution >= 4 is 22.5 Å². The van der Waals surface area contributed by atoms with E-state index in [1.165, 1.54) is 6.07 Å². The molecular weight excluding hydrogens is 315 g/mol. The summed E-state index contributed by atoms with van der Waals surface area (Å²) in [5.41, 5.74) is 2.59. The third-order valence-electron chi connectivity index (χ3n) is 4.22. The van der Waals surface area contributed by atoms with E-state index in [-0.39, 0.29) is 11.9 Å². The number of hydrogen-bond donors (Lipinski definition) is 2. The van der Waals surface area contributed by atoms with E-state index < -0.39 is 0 Å². The molecule has 3 nitrogen and oxygen atoms in total. The van der Waals surface area contributed by atoms with Gasteiger partial charge >= 0.3 is 0 Å². The van der Waals surface area contributed by atoms with Gasteiger partial charge in [0, 0.05) is 23.7 Å². The van der Waals surface area contributed by atoms with Crippen LogP contribution in [0, 0.1) is 5.82 Å². The number of benzene rings is 2. The summed E-state index contributed by atoms with van der Waals surface area (Å²) in [4.78, 5) is 3.15. The summed E-state index contributed by atoms with van der Waals surface area (Å²) in [6, 6.07) is 10.8. The zero-order chi connectivity index (χ0) is 15.8. The summed E-state index contributed by atoms with van der Waals surface area (Å²) in [7, 11) is 0. The summed E-state index contributed by atoms with van der Waals surface area (Å²) in [6.07, 6.45) is 2.80. The van der Waals surface area contributed by atoms with Gasteiger partial charge in [-0.2, -0.15) is 0 Å². The van der Waals surface area contributed by atoms with Crippen LogP contribution in [0.4, 0.5) is 4.39 Å². The molecule has 0 spiro atoms. The molecule has 1 aliphatic rings. The van der Waals surface area contributed by atoms with Crippen LogP contribution in [0.15, 0.2) is 42.6 Å². The van der Waals surface area contributed by atoms with Crippen LogP contribution < -0.4 is 10.1 Å².